The highest BCUT2D eigenvalue weighted by Gasteiger charge is 2.30. The third kappa shape index (κ3) is 3.81. The lowest BCUT2D eigenvalue weighted by molar-refractivity contribution is 0.201. The number of aromatic nitrogens is 3. The molecule has 1 aromatic rings. The molecule has 0 aromatic carbocycles. The molecule has 114 valence electrons. The lowest BCUT2D eigenvalue weighted by Gasteiger charge is -2.35. The second kappa shape index (κ2) is 7.21. The molecule has 1 N–H and O–H groups in total. The van der Waals surface area contributed by atoms with Crippen LogP contribution in [0.5, 0.6) is 0 Å². The van der Waals surface area contributed by atoms with E-state index in [0.29, 0.717) is 17.9 Å². The SMILES string of the molecule is CCC1CCC(NC)C(Cc2ncnn2CC(C)C)C1. The Kier molecular flexibility index (Phi) is 5.58. The van der Waals surface area contributed by atoms with Gasteiger partial charge in [0.2, 0.25) is 0 Å². The Balaban J connectivity index is 2.04. The molecule has 0 amide bonds. The van der Waals surface area contributed by atoms with Gasteiger partial charge in [-0.15, -0.1) is 0 Å². The van der Waals surface area contributed by atoms with Gasteiger partial charge in [0.15, 0.2) is 0 Å². The highest BCUT2D eigenvalue weighted by atomic mass is 15.3. The zero-order valence-electron chi connectivity index (χ0n) is 13.5. The first-order valence-corrected chi connectivity index (χ1v) is 8.17. The minimum absolute atomic E-state index is 0.616. The smallest absolute Gasteiger partial charge is 0.138 e. The Morgan fingerprint density at radius 1 is 1.40 bits per heavy atom. The maximum absolute atomic E-state index is 4.51. The predicted molar refractivity (Wildman–Crippen MR) is 82.5 cm³/mol. The van der Waals surface area contributed by atoms with Gasteiger partial charge in [-0.1, -0.05) is 27.2 Å². The third-order valence-corrected chi connectivity index (χ3v) is 4.72. The van der Waals surface area contributed by atoms with E-state index < -0.39 is 0 Å². The summed E-state index contributed by atoms with van der Waals surface area (Å²) in [6.07, 6.45) is 8.10. The molecule has 1 saturated carbocycles. The van der Waals surface area contributed by atoms with E-state index in [1.54, 1.807) is 6.33 Å². The fraction of sp³-hybridized carbons (Fsp3) is 0.875. The molecule has 1 aliphatic rings. The van der Waals surface area contributed by atoms with Crippen LogP contribution >= 0.6 is 0 Å². The van der Waals surface area contributed by atoms with Gasteiger partial charge in [-0.3, -0.25) is 0 Å². The molecule has 2 rings (SSSR count). The van der Waals surface area contributed by atoms with E-state index in [0.717, 1.165) is 18.9 Å². The molecular weight excluding hydrogens is 248 g/mol. The number of rotatable bonds is 6. The molecule has 0 aliphatic heterocycles. The van der Waals surface area contributed by atoms with Crippen LogP contribution in [0.1, 0.15) is 52.3 Å². The van der Waals surface area contributed by atoms with Crippen LogP contribution in [-0.4, -0.2) is 27.9 Å². The van der Waals surface area contributed by atoms with Crippen molar-refractivity contribution in [2.45, 2.75) is 65.5 Å². The van der Waals surface area contributed by atoms with Gasteiger partial charge in [0.1, 0.15) is 12.2 Å². The van der Waals surface area contributed by atoms with Crippen molar-refractivity contribution in [1.29, 1.82) is 0 Å². The number of nitrogens with zero attached hydrogens (tertiary/aromatic N) is 3. The maximum Gasteiger partial charge on any atom is 0.138 e. The lowest BCUT2D eigenvalue weighted by Crippen LogP contribution is -2.40. The minimum Gasteiger partial charge on any atom is -0.317 e. The molecule has 3 unspecified atom stereocenters. The van der Waals surface area contributed by atoms with Crippen molar-refractivity contribution >= 4 is 0 Å². The minimum atomic E-state index is 0.616. The highest BCUT2D eigenvalue weighted by molar-refractivity contribution is 4.94. The fourth-order valence-corrected chi connectivity index (χ4v) is 3.52. The summed E-state index contributed by atoms with van der Waals surface area (Å²) in [6, 6.07) is 0.641. The van der Waals surface area contributed by atoms with Crippen LogP contribution in [0.3, 0.4) is 0 Å². The van der Waals surface area contributed by atoms with Gasteiger partial charge in [0.05, 0.1) is 0 Å². The van der Waals surface area contributed by atoms with Crippen molar-refractivity contribution in [2.24, 2.45) is 17.8 Å². The van der Waals surface area contributed by atoms with Gasteiger partial charge >= 0.3 is 0 Å². The predicted octanol–water partition coefficient (Wildman–Crippen LogP) is 2.89. The first-order chi connectivity index (χ1) is 9.63. The molecule has 1 aliphatic carbocycles. The van der Waals surface area contributed by atoms with Crippen LogP contribution in [0.15, 0.2) is 6.33 Å². The molecule has 1 aromatic heterocycles. The van der Waals surface area contributed by atoms with Crippen molar-refractivity contribution in [3.63, 3.8) is 0 Å². The summed E-state index contributed by atoms with van der Waals surface area (Å²) in [6.45, 7) is 7.76. The number of hydrogen-bond donors (Lipinski definition) is 1. The van der Waals surface area contributed by atoms with Gasteiger partial charge in [-0.05, 0) is 44.1 Å². The molecule has 0 radical (unpaired) electrons. The summed E-state index contributed by atoms with van der Waals surface area (Å²) < 4.78 is 2.10. The maximum atomic E-state index is 4.51. The second-order valence-corrected chi connectivity index (χ2v) is 6.70. The molecular formula is C16H30N4. The quantitative estimate of drug-likeness (QED) is 0.870. The molecule has 0 spiro atoms. The zero-order valence-corrected chi connectivity index (χ0v) is 13.5. The van der Waals surface area contributed by atoms with Crippen molar-refractivity contribution in [1.82, 2.24) is 20.1 Å². The number of nitrogens with one attached hydrogen (secondary N) is 1. The van der Waals surface area contributed by atoms with Crippen LogP contribution in [0.25, 0.3) is 0 Å². The molecule has 4 nitrogen and oxygen atoms in total. The van der Waals surface area contributed by atoms with Gasteiger partial charge in [0, 0.05) is 19.0 Å². The van der Waals surface area contributed by atoms with Gasteiger partial charge < -0.3 is 5.32 Å². The summed E-state index contributed by atoms with van der Waals surface area (Å²) in [7, 11) is 2.10. The second-order valence-electron chi connectivity index (χ2n) is 6.70. The Bertz CT molecular complexity index is 399. The van der Waals surface area contributed by atoms with Gasteiger partial charge in [-0.25, -0.2) is 9.67 Å². The van der Waals surface area contributed by atoms with Gasteiger partial charge in [-0.2, -0.15) is 5.10 Å². The van der Waals surface area contributed by atoms with Gasteiger partial charge in [0.25, 0.3) is 0 Å². The normalized spacial score (nSPS) is 27.1. The number of hydrogen-bond acceptors (Lipinski definition) is 3. The average molecular weight is 278 g/mol. The van der Waals surface area contributed by atoms with E-state index in [1.165, 1.54) is 31.5 Å². The third-order valence-electron chi connectivity index (χ3n) is 4.72. The first-order valence-electron chi connectivity index (χ1n) is 8.17. The van der Waals surface area contributed by atoms with Crippen molar-refractivity contribution in [2.75, 3.05) is 7.05 Å². The Morgan fingerprint density at radius 3 is 2.85 bits per heavy atom. The van der Waals surface area contributed by atoms with E-state index in [2.05, 4.69) is 47.9 Å². The summed E-state index contributed by atoms with van der Waals surface area (Å²) in [5.41, 5.74) is 0. The topological polar surface area (TPSA) is 42.7 Å². The van der Waals surface area contributed by atoms with E-state index in [9.17, 15) is 0 Å². The van der Waals surface area contributed by atoms with E-state index in [1.807, 2.05) is 0 Å². The monoisotopic (exact) mass is 278 g/mol. The average Bonchev–Trinajstić information content (AvgIpc) is 2.85. The van der Waals surface area contributed by atoms with Crippen molar-refractivity contribution in [3.8, 4) is 0 Å². The largest absolute Gasteiger partial charge is 0.317 e. The Hall–Kier alpha value is -0.900. The molecule has 0 bridgehead atoms. The van der Waals surface area contributed by atoms with E-state index >= 15 is 0 Å². The van der Waals surface area contributed by atoms with E-state index in [4.69, 9.17) is 0 Å². The molecule has 1 fully saturated rings. The molecule has 0 saturated heterocycles. The van der Waals surface area contributed by atoms with Crippen LogP contribution in [0.4, 0.5) is 0 Å². The van der Waals surface area contributed by atoms with E-state index in [-0.39, 0.29) is 0 Å². The standard InChI is InChI=1S/C16H30N4/c1-5-13-6-7-15(17-4)14(8-13)9-16-18-11-19-20(16)10-12(2)3/h11-15,17H,5-10H2,1-4H3. The van der Waals surface area contributed by atoms with Crippen molar-refractivity contribution in [3.05, 3.63) is 12.2 Å². The molecule has 20 heavy (non-hydrogen) atoms. The van der Waals surface area contributed by atoms with Crippen LogP contribution < -0.4 is 5.32 Å². The zero-order chi connectivity index (χ0) is 14.5. The molecule has 3 atom stereocenters. The van der Waals surface area contributed by atoms with Crippen LogP contribution in [-0.2, 0) is 13.0 Å². The highest BCUT2D eigenvalue weighted by Crippen LogP contribution is 2.33. The van der Waals surface area contributed by atoms with Crippen molar-refractivity contribution < 1.29 is 0 Å². The summed E-state index contributed by atoms with van der Waals surface area (Å²) >= 11 is 0. The lowest BCUT2D eigenvalue weighted by atomic mass is 9.75. The Labute approximate surface area is 123 Å². The molecule has 4 heteroatoms. The Morgan fingerprint density at radius 2 is 2.20 bits per heavy atom. The summed E-state index contributed by atoms with van der Waals surface area (Å²) in [4.78, 5) is 4.51. The first kappa shape index (κ1) is 15.5. The van der Waals surface area contributed by atoms with Crippen LogP contribution in [0.2, 0.25) is 0 Å². The van der Waals surface area contributed by atoms with Crippen LogP contribution in [0, 0.1) is 17.8 Å². The fourth-order valence-electron chi connectivity index (χ4n) is 3.52. The summed E-state index contributed by atoms with van der Waals surface area (Å²) in [5.74, 6) is 3.38. The molecule has 1 heterocycles. The summed E-state index contributed by atoms with van der Waals surface area (Å²) in [5, 5.41) is 7.91.